The summed E-state index contributed by atoms with van der Waals surface area (Å²) in [6.45, 7) is 11.1. The zero-order valence-electron chi connectivity index (χ0n) is 11.9. The van der Waals surface area contributed by atoms with Crippen LogP contribution in [0.15, 0.2) is 6.07 Å². The van der Waals surface area contributed by atoms with Gasteiger partial charge in [-0.15, -0.1) is 0 Å². The van der Waals surface area contributed by atoms with E-state index in [4.69, 9.17) is 5.26 Å². The molecule has 1 aromatic heterocycles. The highest BCUT2D eigenvalue weighted by molar-refractivity contribution is 5.41. The standard InChI is InChI=1S/C14H22N4/c1-10(2)14-16-12(5)9-13(17-14)18(11(3)4)8-6-7-15/h9-11H,6,8H2,1-5H3. The first-order valence-electron chi connectivity index (χ1n) is 6.45. The van der Waals surface area contributed by atoms with E-state index in [9.17, 15) is 0 Å². The highest BCUT2D eigenvalue weighted by atomic mass is 15.2. The van der Waals surface area contributed by atoms with Gasteiger partial charge in [-0.2, -0.15) is 5.26 Å². The summed E-state index contributed by atoms with van der Waals surface area (Å²) in [7, 11) is 0. The van der Waals surface area contributed by atoms with Gasteiger partial charge < -0.3 is 4.90 Å². The van der Waals surface area contributed by atoms with Crippen LogP contribution in [0.4, 0.5) is 5.82 Å². The molecular weight excluding hydrogens is 224 g/mol. The van der Waals surface area contributed by atoms with Crippen molar-refractivity contribution in [2.24, 2.45) is 0 Å². The molecule has 1 heterocycles. The summed E-state index contributed by atoms with van der Waals surface area (Å²) in [5, 5.41) is 8.73. The number of hydrogen-bond acceptors (Lipinski definition) is 4. The lowest BCUT2D eigenvalue weighted by Gasteiger charge is -2.27. The third-order valence-electron chi connectivity index (χ3n) is 2.76. The summed E-state index contributed by atoms with van der Waals surface area (Å²) < 4.78 is 0. The Labute approximate surface area is 110 Å². The van der Waals surface area contributed by atoms with Gasteiger partial charge in [0.25, 0.3) is 0 Å². The van der Waals surface area contributed by atoms with Crippen molar-refractivity contribution < 1.29 is 0 Å². The maximum absolute atomic E-state index is 8.73. The SMILES string of the molecule is Cc1cc(N(CCC#N)C(C)C)nc(C(C)C)n1. The van der Waals surface area contributed by atoms with Crippen molar-refractivity contribution in [3.63, 3.8) is 0 Å². The van der Waals surface area contributed by atoms with Crippen molar-refractivity contribution in [1.29, 1.82) is 5.26 Å². The van der Waals surface area contributed by atoms with Gasteiger partial charge in [0.15, 0.2) is 0 Å². The second-order valence-electron chi connectivity index (χ2n) is 5.08. The van der Waals surface area contributed by atoms with Gasteiger partial charge in [-0.3, -0.25) is 0 Å². The van der Waals surface area contributed by atoms with Crippen LogP contribution in [0.2, 0.25) is 0 Å². The van der Waals surface area contributed by atoms with Crippen molar-refractivity contribution >= 4 is 5.82 Å². The van der Waals surface area contributed by atoms with Crippen LogP contribution in [0.25, 0.3) is 0 Å². The molecule has 0 N–H and O–H groups in total. The number of hydrogen-bond donors (Lipinski definition) is 0. The number of aromatic nitrogens is 2. The lowest BCUT2D eigenvalue weighted by Crippen LogP contribution is -2.32. The maximum Gasteiger partial charge on any atom is 0.133 e. The zero-order valence-corrected chi connectivity index (χ0v) is 11.9. The first kappa shape index (κ1) is 14.4. The van der Waals surface area contributed by atoms with Crippen LogP contribution in [-0.2, 0) is 0 Å². The van der Waals surface area contributed by atoms with Crippen molar-refractivity contribution in [2.75, 3.05) is 11.4 Å². The van der Waals surface area contributed by atoms with E-state index in [2.05, 4.69) is 48.6 Å². The minimum atomic E-state index is 0.314. The Morgan fingerprint density at radius 1 is 1.28 bits per heavy atom. The third kappa shape index (κ3) is 3.69. The van der Waals surface area contributed by atoms with E-state index in [1.165, 1.54) is 0 Å². The molecule has 4 heteroatoms. The second kappa shape index (κ2) is 6.34. The highest BCUT2D eigenvalue weighted by Crippen LogP contribution is 2.19. The van der Waals surface area contributed by atoms with Crippen molar-refractivity contribution in [3.8, 4) is 6.07 Å². The van der Waals surface area contributed by atoms with E-state index in [1.807, 2.05) is 13.0 Å². The van der Waals surface area contributed by atoms with Crippen molar-refractivity contribution in [3.05, 3.63) is 17.6 Å². The van der Waals surface area contributed by atoms with Gasteiger partial charge in [0.1, 0.15) is 11.6 Å². The summed E-state index contributed by atoms with van der Waals surface area (Å²) in [6, 6.07) is 4.51. The van der Waals surface area contributed by atoms with E-state index in [-0.39, 0.29) is 0 Å². The number of nitrogens with zero attached hydrogens (tertiary/aromatic N) is 4. The molecule has 0 radical (unpaired) electrons. The first-order valence-corrected chi connectivity index (χ1v) is 6.45. The van der Waals surface area contributed by atoms with Crippen LogP contribution in [0, 0.1) is 18.3 Å². The largest absolute Gasteiger partial charge is 0.353 e. The molecule has 0 aromatic carbocycles. The van der Waals surface area contributed by atoms with Crippen LogP contribution in [-0.4, -0.2) is 22.6 Å². The van der Waals surface area contributed by atoms with Gasteiger partial charge in [-0.05, 0) is 20.8 Å². The molecule has 0 fully saturated rings. The van der Waals surface area contributed by atoms with E-state index in [0.29, 0.717) is 24.9 Å². The molecule has 0 amide bonds. The molecule has 0 bridgehead atoms. The molecule has 0 saturated carbocycles. The van der Waals surface area contributed by atoms with Crippen LogP contribution in [0.1, 0.15) is 51.6 Å². The summed E-state index contributed by atoms with van der Waals surface area (Å²) in [5.74, 6) is 2.11. The molecule has 0 aliphatic heterocycles. The predicted molar refractivity (Wildman–Crippen MR) is 73.6 cm³/mol. The molecule has 18 heavy (non-hydrogen) atoms. The summed E-state index contributed by atoms with van der Waals surface area (Å²) in [4.78, 5) is 11.2. The van der Waals surface area contributed by atoms with Gasteiger partial charge >= 0.3 is 0 Å². The third-order valence-corrected chi connectivity index (χ3v) is 2.76. The minimum absolute atomic E-state index is 0.314. The quantitative estimate of drug-likeness (QED) is 0.801. The van der Waals surface area contributed by atoms with Gasteiger partial charge in [0.2, 0.25) is 0 Å². The van der Waals surface area contributed by atoms with Crippen LogP contribution >= 0.6 is 0 Å². The van der Waals surface area contributed by atoms with Gasteiger partial charge in [0.05, 0.1) is 12.5 Å². The predicted octanol–water partition coefficient (Wildman–Crippen LogP) is 3.04. The summed E-state index contributed by atoms with van der Waals surface area (Å²) >= 11 is 0. The Kier molecular flexibility index (Phi) is 5.08. The Bertz CT molecular complexity index is 432. The molecule has 0 spiro atoms. The van der Waals surface area contributed by atoms with Gasteiger partial charge in [0, 0.05) is 30.3 Å². The molecular formula is C14H22N4. The van der Waals surface area contributed by atoms with Crippen LogP contribution < -0.4 is 4.90 Å². The van der Waals surface area contributed by atoms with E-state index in [0.717, 1.165) is 17.3 Å². The zero-order chi connectivity index (χ0) is 13.7. The first-order chi connectivity index (χ1) is 8.45. The van der Waals surface area contributed by atoms with Crippen LogP contribution in [0.5, 0.6) is 0 Å². The summed E-state index contributed by atoms with van der Waals surface area (Å²) in [5.41, 5.74) is 0.978. The Morgan fingerprint density at radius 3 is 2.44 bits per heavy atom. The molecule has 0 atom stereocenters. The van der Waals surface area contributed by atoms with Gasteiger partial charge in [-0.1, -0.05) is 13.8 Å². The molecule has 0 unspecified atom stereocenters. The monoisotopic (exact) mass is 246 g/mol. The topological polar surface area (TPSA) is 52.8 Å². The fourth-order valence-corrected chi connectivity index (χ4v) is 1.79. The Morgan fingerprint density at radius 2 is 1.94 bits per heavy atom. The molecule has 0 saturated heterocycles. The fraction of sp³-hybridized carbons (Fsp3) is 0.643. The molecule has 0 aliphatic rings. The molecule has 4 nitrogen and oxygen atoms in total. The van der Waals surface area contributed by atoms with E-state index >= 15 is 0 Å². The molecule has 1 rings (SSSR count). The van der Waals surface area contributed by atoms with E-state index in [1.54, 1.807) is 0 Å². The smallest absolute Gasteiger partial charge is 0.133 e. The highest BCUT2D eigenvalue weighted by Gasteiger charge is 2.14. The molecule has 0 aliphatic carbocycles. The Balaban J connectivity index is 3.08. The van der Waals surface area contributed by atoms with Crippen molar-refractivity contribution in [2.45, 2.75) is 53.0 Å². The molecule has 1 aromatic rings. The number of anilines is 1. The van der Waals surface area contributed by atoms with Crippen LogP contribution in [0.3, 0.4) is 0 Å². The number of aryl methyl sites for hydroxylation is 1. The van der Waals surface area contributed by atoms with Gasteiger partial charge in [-0.25, -0.2) is 9.97 Å². The summed E-state index contributed by atoms with van der Waals surface area (Å²) in [6.07, 6.45) is 0.512. The number of rotatable bonds is 5. The fourth-order valence-electron chi connectivity index (χ4n) is 1.79. The average Bonchev–Trinajstić information content (AvgIpc) is 2.28. The molecule has 98 valence electrons. The van der Waals surface area contributed by atoms with Crippen molar-refractivity contribution in [1.82, 2.24) is 9.97 Å². The van der Waals surface area contributed by atoms with E-state index < -0.39 is 0 Å². The lowest BCUT2D eigenvalue weighted by molar-refractivity contribution is 0.664. The maximum atomic E-state index is 8.73. The minimum Gasteiger partial charge on any atom is -0.353 e. The number of nitriles is 1. The average molecular weight is 246 g/mol. The lowest BCUT2D eigenvalue weighted by atomic mass is 10.2. The Hall–Kier alpha value is -1.63. The normalized spacial score (nSPS) is 10.8. The second-order valence-corrected chi connectivity index (χ2v) is 5.08.